The van der Waals surface area contributed by atoms with Crippen molar-refractivity contribution in [1.29, 1.82) is 0 Å². The molecule has 2 unspecified atom stereocenters. The van der Waals surface area contributed by atoms with Crippen LogP contribution in [0.4, 0.5) is 0 Å². The number of halogens is 2. The van der Waals surface area contributed by atoms with Gasteiger partial charge in [-0.2, -0.15) is 0 Å². The van der Waals surface area contributed by atoms with E-state index in [9.17, 15) is 0 Å². The van der Waals surface area contributed by atoms with Crippen LogP contribution in [0.3, 0.4) is 0 Å². The van der Waals surface area contributed by atoms with Crippen LogP contribution in [0.5, 0.6) is 0 Å². The summed E-state index contributed by atoms with van der Waals surface area (Å²) in [5.41, 5.74) is 4.92. The molecule has 0 amide bonds. The minimum absolute atomic E-state index is 0. The molecule has 3 aliphatic carbocycles. The summed E-state index contributed by atoms with van der Waals surface area (Å²) >= 11 is -2.77. The number of rotatable bonds is 3. The predicted octanol–water partition coefficient (Wildman–Crippen LogP) is 6.96. The third kappa shape index (κ3) is 4.10. The standard InChI is InChI=1S/C9H11.C7H6.C5H5.CH3.2ClH.Hf/c1-2-5-9-7-3-6-8(9)4-1;1-7-5-3-2-4-6-7;1-2-4-5-3-1;;;;/h3,6-7H,1-2,4-5H2;1-6H;1-3H,4H2;1H3;2*1H;. The first-order chi connectivity index (χ1) is 11.3. The van der Waals surface area contributed by atoms with Crippen molar-refractivity contribution in [1.82, 2.24) is 0 Å². The zero-order valence-corrected chi connectivity index (χ0v) is 20.0. The number of hydrogen-bond donors (Lipinski definition) is 0. The van der Waals surface area contributed by atoms with Gasteiger partial charge in [0, 0.05) is 0 Å². The maximum absolute atomic E-state index is 2.77. The summed E-state index contributed by atoms with van der Waals surface area (Å²) in [4.78, 5) is 0. The van der Waals surface area contributed by atoms with E-state index in [4.69, 9.17) is 0 Å². The molecule has 3 aliphatic rings. The Hall–Kier alpha value is -0.500. The van der Waals surface area contributed by atoms with Gasteiger partial charge in [0.05, 0.1) is 0 Å². The van der Waals surface area contributed by atoms with Crippen LogP contribution >= 0.6 is 24.8 Å². The molecule has 0 N–H and O–H groups in total. The molecule has 0 fully saturated rings. The van der Waals surface area contributed by atoms with Crippen molar-refractivity contribution < 1.29 is 19.5 Å². The number of allylic oxidation sites excluding steroid dienone is 8. The predicted molar refractivity (Wildman–Crippen MR) is 112 cm³/mol. The van der Waals surface area contributed by atoms with Crippen molar-refractivity contribution in [3.63, 3.8) is 0 Å². The molecule has 0 bridgehead atoms. The third-order valence-corrected chi connectivity index (χ3v) is 22.0. The topological polar surface area (TPSA) is 0 Å². The van der Waals surface area contributed by atoms with Gasteiger partial charge in [-0.1, -0.05) is 0 Å². The second-order valence-electron chi connectivity index (χ2n) is 7.26. The van der Waals surface area contributed by atoms with Gasteiger partial charge in [0.15, 0.2) is 0 Å². The maximum atomic E-state index is 2.73. The average Bonchev–Trinajstić information content (AvgIpc) is 3.26. The summed E-state index contributed by atoms with van der Waals surface area (Å²) in [6.45, 7) is 0. The van der Waals surface area contributed by atoms with Crippen molar-refractivity contribution in [2.45, 2.75) is 40.5 Å². The zero-order valence-electron chi connectivity index (χ0n) is 14.8. The molecule has 25 heavy (non-hydrogen) atoms. The third-order valence-electron chi connectivity index (χ3n) is 5.80. The van der Waals surface area contributed by atoms with Gasteiger partial charge in [-0.3, -0.25) is 0 Å². The fourth-order valence-corrected chi connectivity index (χ4v) is 19.6. The van der Waals surface area contributed by atoms with Gasteiger partial charge >= 0.3 is 144 Å². The van der Waals surface area contributed by atoms with Crippen molar-refractivity contribution in [2.24, 2.45) is 0 Å². The summed E-state index contributed by atoms with van der Waals surface area (Å²) in [5, 5.41) is 0. The van der Waals surface area contributed by atoms with E-state index >= 15 is 0 Å². The van der Waals surface area contributed by atoms with Crippen molar-refractivity contribution >= 4 is 28.6 Å². The van der Waals surface area contributed by atoms with Crippen LogP contribution in [0.1, 0.15) is 37.7 Å². The fourth-order valence-electron chi connectivity index (χ4n) is 4.51. The molecule has 0 radical (unpaired) electrons. The Bertz CT molecular complexity index is 782. The molecule has 0 saturated heterocycles. The molecule has 0 saturated carbocycles. The minimum atomic E-state index is -2.77. The second-order valence-corrected chi connectivity index (χ2v) is 22.1. The second kappa shape index (κ2) is 8.93. The van der Waals surface area contributed by atoms with Crippen molar-refractivity contribution in [3.8, 4) is 0 Å². The van der Waals surface area contributed by atoms with Gasteiger partial charge in [-0.15, -0.1) is 24.8 Å². The normalized spacial score (nSPS) is 23.2. The quantitative estimate of drug-likeness (QED) is 0.364. The Morgan fingerprint density at radius 1 is 1.04 bits per heavy atom. The molecular weight excluding hydrogens is 514 g/mol. The van der Waals surface area contributed by atoms with Gasteiger partial charge in [0.25, 0.3) is 0 Å². The number of benzene rings is 1. The van der Waals surface area contributed by atoms with Crippen LogP contribution in [-0.2, 0) is 19.5 Å². The van der Waals surface area contributed by atoms with E-state index in [1.807, 2.05) is 0 Å². The van der Waals surface area contributed by atoms with Crippen LogP contribution in [0.25, 0.3) is 0 Å². The van der Waals surface area contributed by atoms with E-state index in [0.717, 1.165) is 3.67 Å². The van der Waals surface area contributed by atoms with Crippen LogP contribution in [-0.4, -0.2) is 3.76 Å². The van der Waals surface area contributed by atoms with Gasteiger partial charge in [-0.25, -0.2) is 0 Å². The van der Waals surface area contributed by atoms with Gasteiger partial charge in [0.1, 0.15) is 0 Å². The molecule has 0 heterocycles. The van der Waals surface area contributed by atoms with Crippen LogP contribution in [0.2, 0.25) is 8.35 Å². The summed E-state index contributed by atoms with van der Waals surface area (Å²) < 4.78 is 7.92. The van der Waals surface area contributed by atoms with Crippen molar-refractivity contribution in [2.75, 3.05) is 0 Å². The van der Waals surface area contributed by atoms with E-state index in [1.54, 1.807) is 14.5 Å². The van der Waals surface area contributed by atoms with Crippen LogP contribution in [0.15, 0.2) is 75.2 Å². The Labute approximate surface area is 168 Å². The molecule has 1 aromatic rings. The Balaban J connectivity index is 0.00000113. The average molecular weight is 541 g/mol. The Morgan fingerprint density at radius 2 is 1.80 bits per heavy atom. The fraction of sp³-hybridized carbons (Fsp3) is 0.318. The zero-order chi connectivity index (χ0) is 15.7. The Kier molecular flexibility index (Phi) is 7.43. The number of hydrogen-bond acceptors (Lipinski definition) is 0. The summed E-state index contributed by atoms with van der Waals surface area (Å²) in [6, 6.07) is 11.1. The molecule has 0 nitrogen and oxygen atoms in total. The Morgan fingerprint density at radius 3 is 2.52 bits per heavy atom. The molecule has 0 aliphatic heterocycles. The molecule has 0 spiro atoms. The van der Waals surface area contributed by atoms with E-state index in [0.29, 0.717) is 0 Å². The van der Waals surface area contributed by atoms with Gasteiger partial charge in [0.2, 0.25) is 0 Å². The molecule has 4 rings (SSSR count). The van der Waals surface area contributed by atoms with E-state index in [2.05, 4.69) is 69.2 Å². The van der Waals surface area contributed by atoms with Crippen molar-refractivity contribution in [3.05, 3.63) is 80.8 Å². The van der Waals surface area contributed by atoms with Crippen LogP contribution < -0.4 is 0 Å². The van der Waals surface area contributed by atoms with E-state index < -0.39 is 19.5 Å². The van der Waals surface area contributed by atoms with Gasteiger partial charge < -0.3 is 0 Å². The molecule has 0 aromatic heterocycles. The monoisotopic (exact) mass is 541 g/mol. The van der Waals surface area contributed by atoms with E-state index in [-0.39, 0.29) is 24.8 Å². The van der Waals surface area contributed by atoms with Gasteiger partial charge in [-0.05, 0) is 0 Å². The molecule has 3 heteroatoms. The first-order valence-electron chi connectivity index (χ1n) is 8.94. The van der Waals surface area contributed by atoms with E-state index in [1.165, 1.54) is 37.7 Å². The molecular formula is C22H27Cl2Hf. The first kappa shape index (κ1) is 20.8. The molecule has 2 atom stereocenters. The summed E-state index contributed by atoms with van der Waals surface area (Å²) in [5.74, 6) is 0. The molecule has 1 aromatic carbocycles. The molecule has 133 valence electrons. The SMILES string of the molecule is Cl.Cl.[CH3][Hf](=[CH]c1ccccc1)([C]1=CC=CC1)[CH]1C=CC2=C1CCCC2. The van der Waals surface area contributed by atoms with Crippen LogP contribution in [0, 0.1) is 0 Å². The summed E-state index contributed by atoms with van der Waals surface area (Å²) in [7, 11) is 0. The first-order valence-corrected chi connectivity index (χ1v) is 18.5. The summed E-state index contributed by atoms with van der Waals surface area (Å²) in [6.07, 6.45) is 18.7.